The van der Waals surface area contributed by atoms with Gasteiger partial charge in [-0.05, 0) is 30.5 Å². The molecule has 0 saturated heterocycles. The maximum Gasteiger partial charge on any atom is 0.316 e. The lowest BCUT2D eigenvalue weighted by Gasteiger charge is -2.07. The summed E-state index contributed by atoms with van der Waals surface area (Å²) >= 11 is 2.79. The fourth-order valence-electron chi connectivity index (χ4n) is 2.03. The van der Waals surface area contributed by atoms with Crippen LogP contribution in [0.4, 0.5) is 5.69 Å². The molecule has 0 aliphatic rings. The van der Waals surface area contributed by atoms with E-state index in [2.05, 4.69) is 15.3 Å². The Morgan fingerprint density at radius 2 is 2.00 bits per heavy atom. The van der Waals surface area contributed by atoms with Gasteiger partial charge in [-0.3, -0.25) is 9.59 Å². The van der Waals surface area contributed by atoms with Crippen molar-refractivity contribution in [1.82, 2.24) is 9.97 Å². The van der Waals surface area contributed by atoms with E-state index in [1.165, 1.54) is 29.4 Å². The normalized spacial score (nSPS) is 10.6. The minimum absolute atomic E-state index is 0.0831. The van der Waals surface area contributed by atoms with Crippen LogP contribution in [0.1, 0.15) is 5.56 Å². The quantitative estimate of drug-likeness (QED) is 0.406. The minimum Gasteiger partial charge on any atom is -0.455 e. The topological polar surface area (TPSA) is 81.2 Å². The van der Waals surface area contributed by atoms with Gasteiger partial charge in [0.05, 0.1) is 5.75 Å². The molecule has 0 spiro atoms. The highest BCUT2D eigenvalue weighted by Gasteiger charge is 2.11. The van der Waals surface area contributed by atoms with E-state index in [4.69, 9.17) is 4.74 Å². The van der Waals surface area contributed by atoms with E-state index in [0.717, 1.165) is 20.8 Å². The molecule has 0 aliphatic heterocycles. The third-order valence-corrected chi connectivity index (χ3v) is 5.05. The number of ether oxygens (including phenoxy) is 1. The van der Waals surface area contributed by atoms with Crippen LogP contribution in [0.25, 0.3) is 10.2 Å². The van der Waals surface area contributed by atoms with Crippen molar-refractivity contribution < 1.29 is 14.3 Å². The average Bonchev–Trinajstić information content (AvgIpc) is 3.09. The van der Waals surface area contributed by atoms with E-state index in [-0.39, 0.29) is 18.3 Å². The summed E-state index contributed by atoms with van der Waals surface area (Å²) in [5, 5.41) is 6.25. The van der Waals surface area contributed by atoms with Crippen molar-refractivity contribution in [2.24, 2.45) is 0 Å². The van der Waals surface area contributed by atoms with E-state index < -0.39 is 5.97 Å². The van der Waals surface area contributed by atoms with Crippen molar-refractivity contribution in [3.63, 3.8) is 0 Å². The molecule has 0 saturated carbocycles. The number of amides is 1. The number of hydrogen-bond donors (Lipinski definition) is 1. The van der Waals surface area contributed by atoms with E-state index in [0.29, 0.717) is 5.69 Å². The number of aromatic nitrogens is 2. The number of benzene rings is 1. The number of nitrogens with one attached hydrogen (secondary N) is 1. The predicted octanol–water partition coefficient (Wildman–Crippen LogP) is 3.27. The second-order valence-corrected chi connectivity index (χ2v) is 7.04. The Morgan fingerprint density at radius 3 is 2.80 bits per heavy atom. The van der Waals surface area contributed by atoms with Gasteiger partial charge >= 0.3 is 5.97 Å². The smallest absolute Gasteiger partial charge is 0.316 e. The average molecular weight is 373 g/mol. The van der Waals surface area contributed by atoms with Gasteiger partial charge in [-0.25, -0.2) is 9.97 Å². The Labute approximate surface area is 152 Å². The zero-order valence-electron chi connectivity index (χ0n) is 13.4. The molecule has 0 bridgehead atoms. The summed E-state index contributed by atoms with van der Waals surface area (Å²) in [7, 11) is 0. The number of thioether (sulfide) groups is 1. The molecule has 0 fully saturated rings. The summed E-state index contributed by atoms with van der Waals surface area (Å²) < 4.78 is 5.00. The van der Waals surface area contributed by atoms with Gasteiger partial charge in [0.1, 0.15) is 16.2 Å². The first-order valence-corrected chi connectivity index (χ1v) is 9.31. The van der Waals surface area contributed by atoms with Gasteiger partial charge in [0.25, 0.3) is 5.91 Å². The van der Waals surface area contributed by atoms with Crippen molar-refractivity contribution in [2.45, 2.75) is 11.9 Å². The summed E-state index contributed by atoms with van der Waals surface area (Å²) in [5.41, 5.74) is 1.77. The fourth-order valence-corrected chi connectivity index (χ4v) is 3.61. The highest BCUT2D eigenvalue weighted by atomic mass is 32.2. The summed E-state index contributed by atoms with van der Waals surface area (Å²) in [6.45, 7) is 1.65. The maximum absolute atomic E-state index is 11.8. The first-order chi connectivity index (χ1) is 12.1. The van der Waals surface area contributed by atoms with E-state index in [9.17, 15) is 9.59 Å². The first-order valence-electron chi connectivity index (χ1n) is 7.45. The van der Waals surface area contributed by atoms with Crippen LogP contribution in [0.3, 0.4) is 0 Å². The van der Waals surface area contributed by atoms with Gasteiger partial charge in [0.15, 0.2) is 6.61 Å². The van der Waals surface area contributed by atoms with Crippen molar-refractivity contribution in [3.8, 4) is 0 Å². The molecule has 128 valence electrons. The second kappa shape index (κ2) is 8.09. The van der Waals surface area contributed by atoms with E-state index in [1.54, 1.807) is 12.1 Å². The molecule has 1 N–H and O–H groups in total. The summed E-state index contributed by atoms with van der Waals surface area (Å²) in [6, 6.07) is 9.30. The Balaban J connectivity index is 1.45. The fraction of sp³-hybridized carbons (Fsp3) is 0.176. The first kappa shape index (κ1) is 17.4. The maximum atomic E-state index is 11.8. The number of carbonyl (C=O) groups excluding carboxylic acids is 2. The SMILES string of the molecule is Cc1ccc(NC(=O)COC(=O)CSc2ncnc3sccc23)cc1. The molecule has 8 heteroatoms. The zero-order valence-corrected chi connectivity index (χ0v) is 15.0. The molecule has 1 amide bonds. The van der Waals surface area contributed by atoms with Gasteiger partial charge in [0.2, 0.25) is 0 Å². The van der Waals surface area contributed by atoms with Crippen LogP contribution in [0.5, 0.6) is 0 Å². The Hall–Kier alpha value is -2.45. The van der Waals surface area contributed by atoms with Gasteiger partial charge in [-0.2, -0.15) is 0 Å². The number of carbonyl (C=O) groups is 2. The van der Waals surface area contributed by atoms with Gasteiger partial charge < -0.3 is 10.1 Å². The third kappa shape index (κ3) is 4.77. The Kier molecular flexibility index (Phi) is 5.62. The molecule has 0 unspecified atom stereocenters. The summed E-state index contributed by atoms with van der Waals surface area (Å²) in [6.07, 6.45) is 1.47. The lowest BCUT2D eigenvalue weighted by atomic mass is 10.2. The molecule has 0 aliphatic carbocycles. The molecule has 6 nitrogen and oxygen atoms in total. The van der Waals surface area contributed by atoms with Crippen LogP contribution >= 0.6 is 23.1 Å². The predicted molar refractivity (Wildman–Crippen MR) is 98.9 cm³/mol. The second-order valence-electron chi connectivity index (χ2n) is 5.18. The molecule has 3 rings (SSSR count). The molecule has 25 heavy (non-hydrogen) atoms. The molecule has 2 aromatic heterocycles. The number of nitrogens with zero attached hydrogens (tertiary/aromatic N) is 2. The Bertz CT molecular complexity index is 894. The van der Waals surface area contributed by atoms with Crippen molar-refractivity contribution in [1.29, 1.82) is 0 Å². The summed E-state index contributed by atoms with van der Waals surface area (Å²) in [5.74, 6) is -0.754. The molecule has 3 aromatic rings. The van der Waals surface area contributed by atoms with Crippen LogP contribution in [0, 0.1) is 6.92 Å². The number of aryl methyl sites for hydroxylation is 1. The highest BCUT2D eigenvalue weighted by molar-refractivity contribution is 8.00. The number of anilines is 1. The minimum atomic E-state index is -0.467. The number of hydrogen-bond acceptors (Lipinski definition) is 7. The monoisotopic (exact) mass is 373 g/mol. The highest BCUT2D eigenvalue weighted by Crippen LogP contribution is 2.27. The standard InChI is InChI=1S/C17H15N3O3S2/c1-11-2-4-12(5-3-11)20-14(21)8-23-15(22)9-25-17-13-6-7-24-16(13)18-10-19-17/h2-7,10H,8-9H2,1H3,(H,20,21). The molecular formula is C17H15N3O3S2. The zero-order chi connectivity index (χ0) is 17.6. The van der Waals surface area contributed by atoms with Crippen LogP contribution in [0.15, 0.2) is 47.1 Å². The van der Waals surface area contributed by atoms with Crippen LogP contribution in [-0.2, 0) is 14.3 Å². The number of fused-ring (bicyclic) bond motifs is 1. The molecule has 0 radical (unpaired) electrons. The number of esters is 1. The molecule has 2 heterocycles. The van der Waals surface area contributed by atoms with Crippen LogP contribution < -0.4 is 5.32 Å². The molecule has 0 atom stereocenters. The van der Waals surface area contributed by atoms with E-state index >= 15 is 0 Å². The number of rotatable bonds is 6. The molecular weight excluding hydrogens is 358 g/mol. The van der Waals surface area contributed by atoms with Crippen LogP contribution in [-0.4, -0.2) is 34.2 Å². The van der Waals surface area contributed by atoms with Gasteiger partial charge in [-0.1, -0.05) is 29.5 Å². The lowest BCUT2D eigenvalue weighted by Crippen LogP contribution is -2.21. The Morgan fingerprint density at radius 1 is 1.20 bits per heavy atom. The van der Waals surface area contributed by atoms with Crippen molar-refractivity contribution in [3.05, 3.63) is 47.6 Å². The van der Waals surface area contributed by atoms with E-state index in [1.807, 2.05) is 30.5 Å². The van der Waals surface area contributed by atoms with Crippen molar-refractivity contribution >= 4 is 50.9 Å². The molecule has 1 aromatic carbocycles. The largest absolute Gasteiger partial charge is 0.455 e. The summed E-state index contributed by atoms with van der Waals surface area (Å²) in [4.78, 5) is 32.8. The van der Waals surface area contributed by atoms with Crippen molar-refractivity contribution in [2.75, 3.05) is 17.7 Å². The van der Waals surface area contributed by atoms with Crippen LogP contribution in [0.2, 0.25) is 0 Å². The number of thiophene rings is 1. The van der Waals surface area contributed by atoms with Gasteiger partial charge in [-0.15, -0.1) is 11.3 Å². The lowest BCUT2D eigenvalue weighted by molar-refractivity contribution is -0.144. The van der Waals surface area contributed by atoms with Gasteiger partial charge in [0, 0.05) is 11.1 Å². The third-order valence-electron chi connectivity index (χ3n) is 3.25.